The van der Waals surface area contributed by atoms with E-state index in [-0.39, 0.29) is 37.1 Å². The number of carbonyl (C=O) groups is 3. The fourth-order valence-corrected chi connectivity index (χ4v) is 3.14. The first-order valence-corrected chi connectivity index (χ1v) is 8.51. The SMILES string of the molecule is O=C(CNc1ccccc1N1C(=O)CCC1=O)NCc1cccs1. The summed E-state index contributed by atoms with van der Waals surface area (Å²) in [4.78, 5) is 38.0. The number of amides is 3. The molecular formula is C17H17N3O3S. The number of anilines is 2. The number of nitrogens with one attached hydrogen (secondary N) is 2. The highest BCUT2D eigenvalue weighted by Crippen LogP contribution is 2.29. The molecule has 0 saturated carbocycles. The van der Waals surface area contributed by atoms with Gasteiger partial charge in [0.1, 0.15) is 0 Å². The van der Waals surface area contributed by atoms with Crippen LogP contribution in [0.5, 0.6) is 0 Å². The van der Waals surface area contributed by atoms with Crippen molar-refractivity contribution < 1.29 is 14.4 Å². The van der Waals surface area contributed by atoms with Gasteiger partial charge >= 0.3 is 0 Å². The number of hydrogen-bond donors (Lipinski definition) is 2. The summed E-state index contributed by atoms with van der Waals surface area (Å²) in [5.41, 5.74) is 1.09. The van der Waals surface area contributed by atoms with Gasteiger partial charge in [0.15, 0.2) is 0 Å². The number of thiophene rings is 1. The molecule has 0 bridgehead atoms. The maximum absolute atomic E-state index is 12.0. The second-order valence-electron chi connectivity index (χ2n) is 5.35. The molecule has 0 radical (unpaired) electrons. The van der Waals surface area contributed by atoms with Crippen LogP contribution in [0.15, 0.2) is 41.8 Å². The lowest BCUT2D eigenvalue weighted by molar-refractivity contribution is -0.121. The summed E-state index contributed by atoms with van der Waals surface area (Å²) in [6.45, 7) is 0.557. The molecule has 6 nitrogen and oxygen atoms in total. The molecule has 2 N–H and O–H groups in total. The van der Waals surface area contributed by atoms with Crippen molar-refractivity contribution in [1.29, 1.82) is 0 Å². The number of imide groups is 1. The van der Waals surface area contributed by atoms with Gasteiger partial charge in [0.25, 0.3) is 0 Å². The maximum Gasteiger partial charge on any atom is 0.239 e. The van der Waals surface area contributed by atoms with E-state index in [1.165, 1.54) is 4.90 Å². The predicted molar refractivity (Wildman–Crippen MR) is 92.8 cm³/mol. The van der Waals surface area contributed by atoms with E-state index in [9.17, 15) is 14.4 Å². The molecule has 2 heterocycles. The third-order valence-corrected chi connectivity index (χ3v) is 4.55. The molecule has 0 spiro atoms. The maximum atomic E-state index is 12.0. The molecule has 1 fully saturated rings. The van der Waals surface area contributed by atoms with Gasteiger partial charge in [-0.3, -0.25) is 14.4 Å². The van der Waals surface area contributed by atoms with Gasteiger partial charge in [-0.25, -0.2) is 4.90 Å². The summed E-state index contributed by atoms with van der Waals surface area (Å²) in [5, 5.41) is 7.79. The summed E-state index contributed by atoms with van der Waals surface area (Å²) in [6, 6.07) is 10.9. The third-order valence-electron chi connectivity index (χ3n) is 3.68. The quantitative estimate of drug-likeness (QED) is 0.788. The van der Waals surface area contributed by atoms with Crippen LogP contribution in [0, 0.1) is 0 Å². The molecule has 1 aliphatic heterocycles. The van der Waals surface area contributed by atoms with Crippen molar-refractivity contribution in [2.75, 3.05) is 16.8 Å². The van der Waals surface area contributed by atoms with Crippen LogP contribution in [0.2, 0.25) is 0 Å². The zero-order valence-corrected chi connectivity index (χ0v) is 13.8. The van der Waals surface area contributed by atoms with Crippen molar-refractivity contribution in [3.8, 4) is 0 Å². The van der Waals surface area contributed by atoms with Crippen LogP contribution in [-0.4, -0.2) is 24.3 Å². The lowest BCUT2D eigenvalue weighted by atomic mass is 10.2. The molecule has 1 aromatic heterocycles. The Morgan fingerprint density at radius 3 is 2.54 bits per heavy atom. The fraction of sp³-hybridized carbons (Fsp3) is 0.235. The summed E-state index contributed by atoms with van der Waals surface area (Å²) >= 11 is 1.58. The highest BCUT2D eigenvalue weighted by molar-refractivity contribution is 7.09. The van der Waals surface area contributed by atoms with Crippen molar-refractivity contribution in [3.63, 3.8) is 0 Å². The second kappa shape index (κ2) is 7.27. The van der Waals surface area contributed by atoms with Gasteiger partial charge in [0, 0.05) is 17.7 Å². The standard InChI is InChI=1S/C17H17N3O3S/c21-15(19-10-12-4-3-9-24-12)11-18-13-5-1-2-6-14(13)20-16(22)7-8-17(20)23/h1-6,9,18H,7-8,10-11H2,(H,19,21). The van der Waals surface area contributed by atoms with E-state index >= 15 is 0 Å². The highest BCUT2D eigenvalue weighted by Gasteiger charge is 2.31. The van der Waals surface area contributed by atoms with E-state index in [2.05, 4.69) is 10.6 Å². The first kappa shape index (κ1) is 16.2. The molecule has 2 aromatic rings. The third kappa shape index (κ3) is 3.62. The Balaban J connectivity index is 1.62. The van der Waals surface area contributed by atoms with Gasteiger partial charge in [-0.05, 0) is 23.6 Å². The number of hydrogen-bond acceptors (Lipinski definition) is 5. The Bertz CT molecular complexity index is 742. The molecule has 0 atom stereocenters. The van der Waals surface area contributed by atoms with Gasteiger partial charge in [-0.2, -0.15) is 0 Å². The fourth-order valence-electron chi connectivity index (χ4n) is 2.50. The van der Waals surface area contributed by atoms with Crippen molar-refractivity contribution in [2.24, 2.45) is 0 Å². The Morgan fingerprint density at radius 2 is 1.83 bits per heavy atom. The number of para-hydroxylation sites is 2. The molecule has 124 valence electrons. The van der Waals surface area contributed by atoms with Crippen molar-refractivity contribution in [2.45, 2.75) is 19.4 Å². The summed E-state index contributed by atoms with van der Waals surface area (Å²) < 4.78 is 0. The van der Waals surface area contributed by atoms with Gasteiger partial charge in [-0.15, -0.1) is 11.3 Å². The number of benzene rings is 1. The largest absolute Gasteiger partial charge is 0.374 e. The average molecular weight is 343 g/mol. The van der Waals surface area contributed by atoms with Gasteiger partial charge in [-0.1, -0.05) is 18.2 Å². The van der Waals surface area contributed by atoms with Crippen LogP contribution in [0.3, 0.4) is 0 Å². The van der Waals surface area contributed by atoms with Crippen LogP contribution >= 0.6 is 11.3 Å². The first-order chi connectivity index (χ1) is 11.6. The van der Waals surface area contributed by atoms with Crippen molar-refractivity contribution >= 4 is 40.4 Å². The van der Waals surface area contributed by atoms with E-state index in [4.69, 9.17) is 0 Å². The summed E-state index contributed by atoms with van der Waals surface area (Å²) in [6.07, 6.45) is 0.461. The zero-order chi connectivity index (χ0) is 16.9. The average Bonchev–Trinajstić information content (AvgIpc) is 3.21. The smallest absolute Gasteiger partial charge is 0.239 e. The Hall–Kier alpha value is -2.67. The van der Waals surface area contributed by atoms with Crippen LogP contribution in [0.25, 0.3) is 0 Å². The Morgan fingerprint density at radius 1 is 1.08 bits per heavy atom. The lowest BCUT2D eigenvalue weighted by Gasteiger charge is -2.18. The van der Waals surface area contributed by atoms with Crippen LogP contribution in [0.1, 0.15) is 17.7 Å². The summed E-state index contributed by atoms with van der Waals surface area (Å²) in [7, 11) is 0. The van der Waals surface area contributed by atoms with Gasteiger partial charge in [0.2, 0.25) is 17.7 Å². The molecule has 1 aliphatic rings. The van der Waals surface area contributed by atoms with E-state index in [0.717, 1.165) is 4.88 Å². The topological polar surface area (TPSA) is 78.5 Å². The van der Waals surface area contributed by atoms with E-state index in [0.29, 0.717) is 17.9 Å². The number of rotatable bonds is 6. The highest BCUT2D eigenvalue weighted by atomic mass is 32.1. The predicted octanol–water partition coefficient (Wildman–Crippen LogP) is 2.13. The van der Waals surface area contributed by atoms with E-state index < -0.39 is 0 Å². The molecule has 0 unspecified atom stereocenters. The van der Waals surface area contributed by atoms with E-state index in [1.54, 1.807) is 35.6 Å². The molecule has 3 rings (SSSR count). The molecule has 1 saturated heterocycles. The van der Waals surface area contributed by atoms with Crippen molar-refractivity contribution in [3.05, 3.63) is 46.7 Å². The minimum absolute atomic E-state index is 0.0681. The molecule has 1 aromatic carbocycles. The zero-order valence-electron chi connectivity index (χ0n) is 13.0. The van der Waals surface area contributed by atoms with Crippen LogP contribution in [-0.2, 0) is 20.9 Å². The van der Waals surface area contributed by atoms with Crippen LogP contribution < -0.4 is 15.5 Å². The minimum Gasteiger partial charge on any atom is -0.374 e. The number of nitrogens with zero attached hydrogens (tertiary/aromatic N) is 1. The molecular weight excluding hydrogens is 326 g/mol. The first-order valence-electron chi connectivity index (χ1n) is 7.63. The van der Waals surface area contributed by atoms with Crippen LogP contribution in [0.4, 0.5) is 11.4 Å². The number of carbonyl (C=O) groups excluding carboxylic acids is 3. The minimum atomic E-state index is -0.212. The van der Waals surface area contributed by atoms with E-state index in [1.807, 2.05) is 17.5 Å². The van der Waals surface area contributed by atoms with Gasteiger partial charge in [0.05, 0.1) is 24.5 Å². The monoisotopic (exact) mass is 343 g/mol. The molecule has 7 heteroatoms. The Kier molecular flexibility index (Phi) is 4.90. The normalized spacial score (nSPS) is 14.1. The molecule has 3 amide bonds. The lowest BCUT2D eigenvalue weighted by Crippen LogP contribution is -2.31. The summed E-state index contributed by atoms with van der Waals surface area (Å²) in [5.74, 6) is -0.579. The molecule has 0 aliphatic carbocycles. The van der Waals surface area contributed by atoms with Crippen molar-refractivity contribution in [1.82, 2.24) is 5.32 Å². The Labute approximate surface area is 143 Å². The second-order valence-corrected chi connectivity index (χ2v) is 6.38. The van der Waals surface area contributed by atoms with Gasteiger partial charge < -0.3 is 10.6 Å². The molecule has 24 heavy (non-hydrogen) atoms.